The van der Waals surface area contributed by atoms with Gasteiger partial charge in [0.1, 0.15) is 0 Å². The molecule has 1 rings (SSSR count). The summed E-state index contributed by atoms with van der Waals surface area (Å²) in [5.74, 6) is 1.56. The number of hydrogen-bond acceptors (Lipinski definition) is 3. The number of rotatable bonds is 9. The fourth-order valence-corrected chi connectivity index (χ4v) is 2.75. The van der Waals surface area contributed by atoms with Crippen molar-refractivity contribution in [2.45, 2.75) is 66.0 Å². The van der Waals surface area contributed by atoms with E-state index in [4.69, 9.17) is 4.74 Å². The molecule has 0 aromatic rings. The molecule has 1 saturated heterocycles. The van der Waals surface area contributed by atoms with Gasteiger partial charge in [-0.15, -0.1) is 0 Å². The average Bonchev–Trinajstić information content (AvgIpc) is 2.51. The van der Waals surface area contributed by atoms with Gasteiger partial charge in [-0.1, -0.05) is 13.8 Å². The summed E-state index contributed by atoms with van der Waals surface area (Å²) in [5, 5.41) is 6.95. The van der Waals surface area contributed by atoms with Crippen molar-refractivity contribution in [3.8, 4) is 0 Å². The Morgan fingerprint density at radius 1 is 1.22 bits per heavy atom. The van der Waals surface area contributed by atoms with Crippen LogP contribution < -0.4 is 10.6 Å². The van der Waals surface area contributed by atoms with Crippen molar-refractivity contribution in [1.82, 2.24) is 15.5 Å². The van der Waals surface area contributed by atoms with Crippen molar-refractivity contribution in [1.29, 1.82) is 0 Å². The Bertz CT molecular complexity index is 323. The van der Waals surface area contributed by atoms with Crippen LogP contribution in [-0.2, 0) is 4.74 Å². The van der Waals surface area contributed by atoms with Crippen LogP contribution in [0.15, 0.2) is 4.99 Å². The third kappa shape index (κ3) is 9.16. The van der Waals surface area contributed by atoms with E-state index in [1.165, 1.54) is 25.9 Å². The number of piperidine rings is 1. The van der Waals surface area contributed by atoms with Crippen LogP contribution in [0.2, 0.25) is 0 Å². The maximum atomic E-state index is 5.61. The van der Waals surface area contributed by atoms with E-state index in [1.54, 1.807) is 0 Å². The van der Waals surface area contributed by atoms with Gasteiger partial charge in [0.05, 0.1) is 0 Å². The molecule has 5 heteroatoms. The molecular formula is C18H38N4O. The predicted molar refractivity (Wildman–Crippen MR) is 99.1 cm³/mol. The van der Waals surface area contributed by atoms with Crippen LogP contribution >= 0.6 is 0 Å². The first-order chi connectivity index (χ1) is 11.0. The molecule has 136 valence electrons. The summed E-state index contributed by atoms with van der Waals surface area (Å²) in [4.78, 5) is 7.23. The number of nitrogens with zero attached hydrogens (tertiary/aromatic N) is 2. The van der Waals surface area contributed by atoms with Crippen LogP contribution in [0.1, 0.15) is 53.9 Å². The summed E-state index contributed by atoms with van der Waals surface area (Å²) < 4.78 is 5.61. The lowest BCUT2D eigenvalue weighted by atomic mass is 10.0. The number of hydrogen-bond donors (Lipinski definition) is 2. The molecule has 1 aliphatic rings. The number of aliphatic imine (C=N–C) groups is 1. The molecule has 0 amide bonds. The monoisotopic (exact) mass is 326 g/mol. The molecule has 0 spiro atoms. The largest absolute Gasteiger partial charge is 0.381 e. The molecule has 1 aliphatic heterocycles. The highest BCUT2D eigenvalue weighted by Crippen LogP contribution is 2.12. The summed E-state index contributed by atoms with van der Waals surface area (Å²) in [7, 11) is 0. The first kappa shape index (κ1) is 20.2. The molecule has 1 heterocycles. The van der Waals surface area contributed by atoms with E-state index in [0.29, 0.717) is 18.0 Å². The van der Waals surface area contributed by atoms with Gasteiger partial charge in [0, 0.05) is 51.5 Å². The molecule has 0 radical (unpaired) electrons. The zero-order valence-electron chi connectivity index (χ0n) is 15.9. The van der Waals surface area contributed by atoms with Gasteiger partial charge >= 0.3 is 0 Å². The second-order valence-corrected chi connectivity index (χ2v) is 7.13. The smallest absolute Gasteiger partial charge is 0.191 e. The van der Waals surface area contributed by atoms with Gasteiger partial charge in [0.2, 0.25) is 0 Å². The quantitative estimate of drug-likeness (QED) is 0.388. The minimum atomic E-state index is 0.542. The Balaban J connectivity index is 2.27. The fourth-order valence-electron chi connectivity index (χ4n) is 2.75. The van der Waals surface area contributed by atoms with Crippen LogP contribution in [0.4, 0.5) is 0 Å². The Hall–Kier alpha value is -0.810. The van der Waals surface area contributed by atoms with E-state index in [2.05, 4.69) is 55.1 Å². The van der Waals surface area contributed by atoms with E-state index >= 15 is 0 Å². The second kappa shape index (κ2) is 11.7. The van der Waals surface area contributed by atoms with E-state index < -0.39 is 0 Å². The van der Waals surface area contributed by atoms with Crippen LogP contribution in [0.25, 0.3) is 0 Å². The molecule has 23 heavy (non-hydrogen) atoms. The molecule has 0 bridgehead atoms. The summed E-state index contributed by atoms with van der Waals surface area (Å²) in [5.41, 5.74) is 0. The zero-order valence-corrected chi connectivity index (χ0v) is 15.9. The standard InChI is InChI=1S/C18H38N4O/c1-6-19-18(20-10-7-13-23-14-15(2)3)21-17-8-11-22(12-9-17)16(4)5/h15-17H,6-14H2,1-5H3,(H2,19,20,21). The average molecular weight is 327 g/mol. The molecule has 0 unspecified atom stereocenters. The van der Waals surface area contributed by atoms with Crippen LogP contribution in [0.5, 0.6) is 0 Å². The van der Waals surface area contributed by atoms with Crippen molar-refractivity contribution in [2.75, 3.05) is 39.4 Å². The first-order valence-corrected chi connectivity index (χ1v) is 9.39. The third-order valence-electron chi connectivity index (χ3n) is 4.11. The highest BCUT2D eigenvalue weighted by Gasteiger charge is 2.21. The van der Waals surface area contributed by atoms with Crippen molar-refractivity contribution in [3.63, 3.8) is 0 Å². The zero-order chi connectivity index (χ0) is 17.1. The Morgan fingerprint density at radius 2 is 1.91 bits per heavy atom. The fraction of sp³-hybridized carbons (Fsp3) is 0.944. The molecule has 0 aliphatic carbocycles. The van der Waals surface area contributed by atoms with Gasteiger partial charge in [-0.25, -0.2) is 0 Å². The minimum absolute atomic E-state index is 0.542. The van der Waals surface area contributed by atoms with Gasteiger partial charge in [0.25, 0.3) is 0 Å². The number of nitrogens with one attached hydrogen (secondary N) is 2. The predicted octanol–water partition coefficient (Wildman–Crippen LogP) is 2.48. The van der Waals surface area contributed by atoms with Gasteiger partial charge in [-0.2, -0.15) is 0 Å². The van der Waals surface area contributed by atoms with E-state index in [0.717, 1.165) is 38.7 Å². The molecule has 1 fully saturated rings. The maximum Gasteiger partial charge on any atom is 0.191 e. The maximum absolute atomic E-state index is 5.61. The normalized spacial score (nSPS) is 18.0. The second-order valence-electron chi connectivity index (χ2n) is 7.13. The highest BCUT2D eigenvalue weighted by molar-refractivity contribution is 5.80. The van der Waals surface area contributed by atoms with Crippen molar-refractivity contribution < 1.29 is 4.74 Å². The summed E-state index contributed by atoms with van der Waals surface area (Å²) >= 11 is 0. The first-order valence-electron chi connectivity index (χ1n) is 9.39. The van der Waals surface area contributed by atoms with Gasteiger partial charge in [-0.3, -0.25) is 4.99 Å². The molecule has 2 N–H and O–H groups in total. The van der Waals surface area contributed by atoms with E-state index in [9.17, 15) is 0 Å². The van der Waals surface area contributed by atoms with E-state index in [-0.39, 0.29) is 0 Å². The number of ether oxygens (including phenoxy) is 1. The van der Waals surface area contributed by atoms with Gasteiger partial charge in [0.15, 0.2) is 5.96 Å². The molecule has 0 aromatic heterocycles. The van der Waals surface area contributed by atoms with Crippen molar-refractivity contribution in [3.05, 3.63) is 0 Å². The van der Waals surface area contributed by atoms with Crippen molar-refractivity contribution >= 4 is 5.96 Å². The lowest BCUT2D eigenvalue weighted by molar-refractivity contribution is 0.109. The van der Waals surface area contributed by atoms with Crippen LogP contribution in [0.3, 0.4) is 0 Å². The Labute approximate surface area is 143 Å². The van der Waals surface area contributed by atoms with E-state index in [1.807, 2.05) is 0 Å². The molecule has 5 nitrogen and oxygen atoms in total. The Morgan fingerprint density at radius 3 is 2.48 bits per heavy atom. The summed E-state index contributed by atoms with van der Waals surface area (Å²) in [6.45, 7) is 16.7. The molecule has 0 atom stereocenters. The lowest BCUT2D eigenvalue weighted by Gasteiger charge is -2.35. The number of guanidine groups is 1. The number of likely N-dealkylation sites (tertiary alicyclic amines) is 1. The third-order valence-corrected chi connectivity index (χ3v) is 4.11. The molecule has 0 saturated carbocycles. The minimum Gasteiger partial charge on any atom is -0.381 e. The molecule has 0 aromatic carbocycles. The Kier molecular flexibility index (Phi) is 10.3. The van der Waals surface area contributed by atoms with Crippen LogP contribution in [0, 0.1) is 5.92 Å². The lowest BCUT2D eigenvalue weighted by Crippen LogP contribution is -2.49. The topological polar surface area (TPSA) is 48.9 Å². The van der Waals surface area contributed by atoms with Gasteiger partial charge in [-0.05, 0) is 46.0 Å². The summed E-state index contributed by atoms with van der Waals surface area (Å²) in [6, 6.07) is 1.20. The van der Waals surface area contributed by atoms with Gasteiger partial charge < -0.3 is 20.3 Å². The summed E-state index contributed by atoms with van der Waals surface area (Å²) in [6.07, 6.45) is 3.37. The van der Waals surface area contributed by atoms with Crippen molar-refractivity contribution in [2.24, 2.45) is 10.9 Å². The van der Waals surface area contributed by atoms with Crippen LogP contribution in [-0.4, -0.2) is 62.3 Å². The molecular weight excluding hydrogens is 288 g/mol. The highest BCUT2D eigenvalue weighted by atomic mass is 16.5. The SMILES string of the molecule is CCNC(=NCCCOCC(C)C)NC1CCN(C(C)C)CC1.